The summed E-state index contributed by atoms with van der Waals surface area (Å²) < 4.78 is 38.6. The summed E-state index contributed by atoms with van der Waals surface area (Å²) in [6, 6.07) is 12.3. The topological polar surface area (TPSA) is 68.6 Å². The Morgan fingerprint density at radius 3 is 2.41 bits per heavy atom. The Bertz CT molecular complexity index is 1100. The lowest BCUT2D eigenvalue weighted by Crippen LogP contribution is -2.27. The molecule has 2 aromatic carbocycles. The molecule has 0 bridgehead atoms. The van der Waals surface area contributed by atoms with Crippen molar-refractivity contribution in [2.75, 3.05) is 20.4 Å². The predicted octanol–water partition coefficient (Wildman–Crippen LogP) is 2.87. The smallest absolute Gasteiger partial charge is 0.293 e. The molecule has 0 fully saturated rings. The van der Waals surface area contributed by atoms with Crippen LogP contribution in [0.25, 0.3) is 10.9 Å². The van der Waals surface area contributed by atoms with Crippen LogP contribution in [0, 0.1) is 5.82 Å². The van der Waals surface area contributed by atoms with E-state index >= 15 is 0 Å². The third-order valence-corrected chi connectivity index (χ3v) is 5.44. The van der Waals surface area contributed by atoms with Gasteiger partial charge in [0.05, 0.1) is 12.0 Å². The molecule has 0 aliphatic heterocycles. The van der Waals surface area contributed by atoms with E-state index in [1.54, 1.807) is 28.8 Å². The maximum atomic E-state index is 13.2. The summed E-state index contributed by atoms with van der Waals surface area (Å²) in [6.07, 6.45) is 1.13. The lowest BCUT2D eigenvalue weighted by atomic mass is 10.2. The number of hydrogen-bond acceptors (Lipinski definition) is 4. The van der Waals surface area contributed by atoms with E-state index in [0.29, 0.717) is 23.1 Å². The van der Waals surface area contributed by atoms with Crippen LogP contribution in [-0.2, 0) is 21.2 Å². The normalized spacial score (nSPS) is 11.7. The van der Waals surface area contributed by atoms with E-state index in [4.69, 9.17) is 4.84 Å². The van der Waals surface area contributed by atoms with Crippen LogP contribution in [0.1, 0.15) is 16.1 Å². The number of nitrogens with zero attached hydrogens (tertiary/aromatic N) is 2. The van der Waals surface area contributed by atoms with Crippen molar-refractivity contribution in [2.45, 2.75) is 11.4 Å². The molecule has 0 aliphatic carbocycles. The van der Waals surface area contributed by atoms with Crippen molar-refractivity contribution in [1.82, 2.24) is 9.63 Å². The molecule has 0 aliphatic rings. The van der Waals surface area contributed by atoms with Gasteiger partial charge in [-0.25, -0.2) is 17.9 Å². The summed E-state index contributed by atoms with van der Waals surface area (Å²) >= 11 is 0. The zero-order chi connectivity index (χ0) is 19.8. The molecule has 0 saturated heterocycles. The lowest BCUT2D eigenvalue weighted by molar-refractivity contribution is -0.0762. The molecule has 0 spiro atoms. The van der Waals surface area contributed by atoms with Gasteiger partial charge in [0, 0.05) is 30.8 Å². The number of rotatable bonds is 5. The highest BCUT2D eigenvalue weighted by atomic mass is 32.2. The van der Waals surface area contributed by atoms with Crippen molar-refractivity contribution in [3.63, 3.8) is 0 Å². The Morgan fingerprint density at radius 2 is 1.81 bits per heavy atom. The lowest BCUT2D eigenvalue weighted by Gasteiger charge is -2.16. The van der Waals surface area contributed by atoms with Crippen LogP contribution in [0.3, 0.4) is 0 Å². The van der Waals surface area contributed by atoms with Crippen molar-refractivity contribution in [3.8, 4) is 0 Å². The first-order valence-electron chi connectivity index (χ1n) is 8.10. The van der Waals surface area contributed by atoms with E-state index in [1.165, 1.54) is 38.4 Å². The summed E-state index contributed by atoms with van der Waals surface area (Å²) in [4.78, 5) is 17.9. The van der Waals surface area contributed by atoms with Gasteiger partial charge in [-0.15, -0.1) is 0 Å². The minimum absolute atomic E-state index is 0.174. The van der Waals surface area contributed by atoms with Crippen LogP contribution in [0.15, 0.2) is 53.4 Å². The average Bonchev–Trinajstić information content (AvgIpc) is 2.99. The van der Waals surface area contributed by atoms with E-state index in [2.05, 4.69) is 0 Å². The van der Waals surface area contributed by atoms with E-state index in [1.807, 2.05) is 0 Å². The summed E-state index contributed by atoms with van der Waals surface area (Å²) in [7, 11) is -0.502. The number of aromatic nitrogens is 1. The first-order valence-corrected chi connectivity index (χ1v) is 10.00. The summed E-state index contributed by atoms with van der Waals surface area (Å²) in [6.45, 7) is 0.320. The molecule has 142 valence electrons. The first kappa shape index (κ1) is 19.1. The van der Waals surface area contributed by atoms with Gasteiger partial charge in [0.15, 0.2) is 9.84 Å². The largest absolute Gasteiger partial charge is 0.332 e. The number of carbonyl (C=O) groups excluding carboxylic acids is 1. The third kappa shape index (κ3) is 3.86. The van der Waals surface area contributed by atoms with Gasteiger partial charge < -0.3 is 4.57 Å². The predicted molar refractivity (Wildman–Crippen MR) is 99.7 cm³/mol. The highest BCUT2D eigenvalue weighted by molar-refractivity contribution is 7.90. The van der Waals surface area contributed by atoms with E-state index in [-0.39, 0.29) is 16.6 Å². The average molecular weight is 390 g/mol. The Morgan fingerprint density at radius 1 is 1.15 bits per heavy atom. The molecule has 3 rings (SSSR count). The van der Waals surface area contributed by atoms with E-state index in [0.717, 1.165) is 16.9 Å². The molecule has 8 heteroatoms. The number of benzene rings is 2. The Hall–Kier alpha value is -2.71. The minimum atomic E-state index is -3.37. The van der Waals surface area contributed by atoms with Gasteiger partial charge in [-0.2, -0.15) is 0 Å². The second-order valence-corrected chi connectivity index (χ2v) is 8.24. The van der Waals surface area contributed by atoms with Crippen molar-refractivity contribution >= 4 is 26.6 Å². The molecule has 6 nitrogen and oxygen atoms in total. The van der Waals surface area contributed by atoms with E-state index < -0.39 is 9.84 Å². The number of carbonyl (C=O) groups is 1. The second-order valence-electron chi connectivity index (χ2n) is 6.22. The fourth-order valence-corrected chi connectivity index (χ4v) is 3.50. The van der Waals surface area contributed by atoms with Gasteiger partial charge in [-0.05, 0) is 42.0 Å². The minimum Gasteiger partial charge on any atom is -0.332 e. The summed E-state index contributed by atoms with van der Waals surface area (Å²) in [5.41, 5.74) is 1.83. The quantitative estimate of drug-likeness (QED) is 0.628. The Balaban J connectivity index is 2.17. The number of amides is 1. The highest BCUT2D eigenvalue weighted by Gasteiger charge is 2.20. The molecule has 1 heterocycles. The molecule has 0 atom stereocenters. The molecule has 27 heavy (non-hydrogen) atoms. The number of fused-ring (bicyclic) bond motifs is 1. The number of sulfone groups is 1. The highest BCUT2D eigenvalue weighted by Crippen LogP contribution is 2.25. The summed E-state index contributed by atoms with van der Waals surface area (Å²) in [5, 5.41) is 1.71. The number of hydrogen-bond donors (Lipinski definition) is 0. The van der Waals surface area contributed by atoms with Crippen LogP contribution in [0.4, 0.5) is 4.39 Å². The van der Waals surface area contributed by atoms with Gasteiger partial charge in [0.25, 0.3) is 5.91 Å². The fraction of sp³-hybridized carbons (Fsp3) is 0.211. The maximum absolute atomic E-state index is 13.2. The van der Waals surface area contributed by atoms with Gasteiger partial charge in [0.1, 0.15) is 11.5 Å². The SMILES string of the molecule is CON(C)C(=O)c1cc2cc(S(C)(=O)=O)ccc2n1Cc1ccc(F)cc1. The first-order chi connectivity index (χ1) is 12.7. The molecular weight excluding hydrogens is 371 g/mol. The Labute approximate surface area is 156 Å². The molecular formula is C19H19FN2O4S. The van der Waals surface area contributed by atoms with Crippen LogP contribution in [-0.4, -0.2) is 44.4 Å². The molecule has 0 N–H and O–H groups in total. The van der Waals surface area contributed by atoms with Gasteiger partial charge >= 0.3 is 0 Å². The van der Waals surface area contributed by atoms with Crippen LogP contribution < -0.4 is 0 Å². The van der Waals surface area contributed by atoms with Crippen LogP contribution in [0.2, 0.25) is 0 Å². The number of hydroxylamine groups is 2. The van der Waals surface area contributed by atoms with Gasteiger partial charge in [0.2, 0.25) is 0 Å². The second kappa shape index (κ2) is 7.13. The Kier molecular flexibility index (Phi) is 5.03. The zero-order valence-corrected chi connectivity index (χ0v) is 16.0. The summed E-state index contributed by atoms with van der Waals surface area (Å²) in [5.74, 6) is -0.721. The van der Waals surface area contributed by atoms with Crippen molar-refractivity contribution in [1.29, 1.82) is 0 Å². The standard InChI is InChI=1S/C19H19FN2O4S/c1-21(26-2)19(23)18-11-14-10-16(27(3,24)25)8-9-17(14)22(18)12-13-4-6-15(20)7-5-13/h4-11H,12H2,1-3H3. The monoisotopic (exact) mass is 390 g/mol. The van der Waals surface area contributed by atoms with Crippen molar-refractivity contribution in [3.05, 3.63) is 65.6 Å². The third-order valence-electron chi connectivity index (χ3n) is 4.33. The van der Waals surface area contributed by atoms with Gasteiger partial charge in [-0.3, -0.25) is 9.63 Å². The molecule has 1 aromatic heterocycles. The van der Waals surface area contributed by atoms with Crippen LogP contribution in [0.5, 0.6) is 0 Å². The molecule has 0 saturated carbocycles. The number of halogens is 1. The van der Waals surface area contributed by atoms with Crippen LogP contribution >= 0.6 is 0 Å². The van der Waals surface area contributed by atoms with Gasteiger partial charge in [-0.1, -0.05) is 12.1 Å². The zero-order valence-electron chi connectivity index (χ0n) is 15.1. The molecule has 1 amide bonds. The van der Waals surface area contributed by atoms with Crippen molar-refractivity contribution in [2.24, 2.45) is 0 Å². The van der Waals surface area contributed by atoms with E-state index in [9.17, 15) is 17.6 Å². The molecule has 0 unspecified atom stereocenters. The molecule has 0 radical (unpaired) electrons. The van der Waals surface area contributed by atoms with Crippen molar-refractivity contribution < 1.29 is 22.4 Å². The fourth-order valence-electron chi connectivity index (χ4n) is 2.84. The molecule has 3 aromatic rings. The maximum Gasteiger partial charge on any atom is 0.293 e.